The summed E-state index contributed by atoms with van der Waals surface area (Å²) in [5, 5.41) is 3.29. The lowest BCUT2D eigenvalue weighted by Crippen LogP contribution is -2.34. The summed E-state index contributed by atoms with van der Waals surface area (Å²) in [6, 6.07) is 7.56. The van der Waals surface area contributed by atoms with E-state index in [0.717, 1.165) is 25.2 Å². The predicted octanol–water partition coefficient (Wildman–Crippen LogP) is 0.888. The lowest BCUT2D eigenvalue weighted by molar-refractivity contribution is 0.600. The van der Waals surface area contributed by atoms with Gasteiger partial charge in [0.15, 0.2) is 9.84 Å². The number of likely N-dealkylation sites (N-methyl/N-ethyl adjacent to an activating group) is 1. The average Bonchev–Trinajstić information content (AvgIpc) is 2.80. The van der Waals surface area contributed by atoms with Gasteiger partial charge < -0.3 is 10.2 Å². The van der Waals surface area contributed by atoms with Crippen molar-refractivity contribution in [1.82, 2.24) is 5.32 Å². The third-order valence-electron chi connectivity index (χ3n) is 3.23. The first-order chi connectivity index (χ1) is 8.00. The molecule has 94 valence electrons. The maximum Gasteiger partial charge on any atom is 0.177 e. The highest BCUT2D eigenvalue weighted by Crippen LogP contribution is 2.26. The molecule has 0 amide bonds. The Morgan fingerprint density at radius 2 is 2.06 bits per heavy atom. The zero-order chi connectivity index (χ0) is 12.5. The molecule has 1 aromatic rings. The fourth-order valence-electron chi connectivity index (χ4n) is 2.23. The standard InChI is InChI=1S/C12H18N2O2S/c1-14(10-7-8-13-9-10)11-5-3-4-6-12(11)17(2,15)16/h3-6,10,13H,7-9H2,1-2H3. The molecule has 1 N–H and O–H groups in total. The van der Waals surface area contributed by atoms with Crippen molar-refractivity contribution in [3.63, 3.8) is 0 Å². The van der Waals surface area contributed by atoms with E-state index >= 15 is 0 Å². The van der Waals surface area contributed by atoms with E-state index in [1.807, 2.05) is 19.2 Å². The molecule has 1 aliphatic rings. The number of rotatable bonds is 3. The van der Waals surface area contributed by atoms with Gasteiger partial charge in [-0.3, -0.25) is 0 Å². The van der Waals surface area contributed by atoms with Crippen LogP contribution in [0.15, 0.2) is 29.2 Å². The van der Waals surface area contributed by atoms with E-state index in [1.165, 1.54) is 6.26 Å². The molecule has 0 spiro atoms. The second-order valence-electron chi connectivity index (χ2n) is 4.50. The molecule has 17 heavy (non-hydrogen) atoms. The average molecular weight is 254 g/mol. The molecule has 0 aliphatic carbocycles. The van der Waals surface area contributed by atoms with Gasteiger partial charge in [0.2, 0.25) is 0 Å². The van der Waals surface area contributed by atoms with Crippen molar-refractivity contribution in [3.8, 4) is 0 Å². The molecule has 1 unspecified atom stereocenters. The second kappa shape index (κ2) is 4.66. The Labute approximate surface area is 103 Å². The predicted molar refractivity (Wildman–Crippen MR) is 69.2 cm³/mol. The van der Waals surface area contributed by atoms with Crippen molar-refractivity contribution in [2.24, 2.45) is 0 Å². The van der Waals surface area contributed by atoms with Gasteiger partial charge in [-0.25, -0.2) is 8.42 Å². The fourth-order valence-corrected chi connectivity index (χ4v) is 3.15. The number of nitrogens with zero attached hydrogens (tertiary/aromatic N) is 1. The van der Waals surface area contributed by atoms with Crippen LogP contribution in [0, 0.1) is 0 Å². The van der Waals surface area contributed by atoms with E-state index in [4.69, 9.17) is 0 Å². The second-order valence-corrected chi connectivity index (χ2v) is 6.48. The summed E-state index contributed by atoms with van der Waals surface area (Å²) in [5.74, 6) is 0. The number of benzene rings is 1. The molecule has 1 saturated heterocycles. The van der Waals surface area contributed by atoms with Gasteiger partial charge in [-0.2, -0.15) is 0 Å². The topological polar surface area (TPSA) is 49.4 Å². The normalized spacial score (nSPS) is 20.5. The number of anilines is 1. The number of sulfone groups is 1. The summed E-state index contributed by atoms with van der Waals surface area (Å²) in [5.41, 5.74) is 0.795. The maximum atomic E-state index is 11.7. The summed E-state index contributed by atoms with van der Waals surface area (Å²) in [7, 11) is -1.21. The van der Waals surface area contributed by atoms with Crippen LogP contribution in [0.2, 0.25) is 0 Å². The molecule has 1 aromatic carbocycles. The van der Waals surface area contributed by atoms with Crippen LogP contribution in [0.3, 0.4) is 0 Å². The molecule has 0 bridgehead atoms. The number of nitrogens with one attached hydrogen (secondary N) is 1. The van der Waals surface area contributed by atoms with Gasteiger partial charge in [0.1, 0.15) is 0 Å². The summed E-state index contributed by atoms with van der Waals surface area (Å²) in [6.45, 7) is 1.91. The van der Waals surface area contributed by atoms with Crippen LogP contribution in [-0.2, 0) is 9.84 Å². The van der Waals surface area contributed by atoms with E-state index < -0.39 is 9.84 Å². The lowest BCUT2D eigenvalue weighted by atomic mass is 10.2. The minimum absolute atomic E-state index is 0.373. The smallest absolute Gasteiger partial charge is 0.177 e. The van der Waals surface area contributed by atoms with Crippen LogP contribution in [0.5, 0.6) is 0 Å². The van der Waals surface area contributed by atoms with E-state index in [9.17, 15) is 8.42 Å². The van der Waals surface area contributed by atoms with Crippen molar-refractivity contribution >= 4 is 15.5 Å². The molecule has 1 fully saturated rings. The Balaban J connectivity index is 2.37. The van der Waals surface area contributed by atoms with Crippen molar-refractivity contribution < 1.29 is 8.42 Å². The molecular formula is C12H18N2O2S. The van der Waals surface area contributed by atoms with Crippen LogP contribution < -0.4 is 10.2 Å². The summed E-state index contributed by atoms with van der Waals surface area (Å²) in [6.07, 6.45) is 2.31. The third-order valence-corrected chi connectivity index (χ3v) is 4.37. The summed E-state index contributed by atoms with van der Waals surface area (Å²) in [4.78, 5) is 2.48. The number of hydrogen-bond acceptors (Lipinski definition) is 4. The van der Waals surface area contributed by atoms with Gasteiger partial charge in [-0.05, 0) is 25.1 Å². The minimum Gasteiger partial charge on any atom is -0.369 e. The first kappa shape index (κ1) is 12.4. The van der Waals surface area contributed by atoms with Crippen molar-refractivity contribution in [2.75, 3.05) is 31.3 Å². The van der Waals surface area contributed by atoms with E-state index in [-0.39, 0.29) is 0 Å². The van der Waals surface area contributed by atoms with Crippen LogP contribution in [-0.4, -0.2) is 40.9 Å². The molecule has 2 rings (SSSR count). The fraction of sp³-hybridized carbons (Fsp3) is 0.500. The minimum atomic E-state index is -3.17. The van der Waals surface area contributed by atoms with Gasteiger partial charge in [0.25, 0.3) is 0 Å². The Bertz CT molecular complexity index is 493. The molecule has 5 heteroatoms. The van der Waals surface area contributed by atoms with Gasteiger partial charge >= 0.3 is 0 Å². The lowest BCUT2D eigenvalue weighted by Gasteiger charge is -2.27. The molecule has 1 atom stereocenters. The molecular weight excluding hydrogens is 236 g/mol. The SMILES string of the molecule is CN(c1ccccc1S(C)(=O)=O)C1CCNC1. The summed E-state index contributed by atoms with van der Waals surface area (Å²) < 4.78 is 23.5. The molecule has 0 aromatic heterocycles. The highest BCUT2D eigenvalue weighted by Gasteiger charge is 2.23. The van der Waals surface area contributed by atoms with E-state index in [1.54, 1.807) is 12.1 Å². The van der Waals surface area contributed by atoms with Crippen molar-refractivity contribution in [3.05, 3.63) is 24.3 Å². The zero-order valence-corrected chi connectivity index (χ0v) is 11.0. The van der Waals surface area contributed by atoms with Crippen LogP contribution in [0.25, 0.3) is 0 Å². The van der Waals surface area contributed by atoms with Gasteiger partial charge in [-0.15, -0.1) is 0 Å². The van der Waals surface area contributed by atoms with Crippen molar-refractivity contribution in [1.29, 1.82) is 0 Å². The number of hydrogen-bond donors (Lipinski definition) is 1. The van der Waals surface area contributed by atoms with Crippen molar-refractivity contribution in [2.45, 2.75) is 17.4 Å². The Morgan fingerprint density at radius 3 is 2.65 bits per heavy atom. The Kier molecular flexibility index (Phi) is 3.40. The van der Waals surface area contributed by atoms with Crippen LogP contribution in [0.1, 0.15) is 6.42 Å². The van der Waals surface area contributed by atoms with Gasteiger partial charge in [0.05, 0.1) is 10.6 Å². The first-order valence-corrected chi connectivity index (χ1v) is 7.62. The third kappa shape index (κ3) is 2.61. The molecule has 1 aliphatic heterocycles. The molecule has 4 nitrogen and oxygen atoms in total. The monoisotopic (exact) mass is 254 g/mol. The quantitative estimate of drug-likeness (QED) is 0.870. The zero-order valence-electron chi connectivity index (χ0n) is 10.2. The molecule has 0 radical (unpaired) electrons. The van der Waals surface area contributed by atoms with Gasteiger partial charge in [0, 0.05) is 25.9 Å². The van der Waals surface area contributed by atoms with Gasteiger partial charge in [-0.1, -0.05) is 12.1 Å². The van der Waals surface area contributed by atoms with Crippen LogP contribution in [0.4, 0.5) is 5.69 Å². The van der Waals surface area contributed by atoms with E-state index in [0.29, 0.717) is 10.9 Å². The molecule has 0 saturated carbocycles. The molecule has 1 heterocycles. The Hall–Kier alpha value is -1.07. The largest absolute Gasteiger partial charge is 0.369 e. The first-order valence-electron chi connectivity index (χ1n) is 5.73. The van der Waals surface area contributed by atoms with Crippen LogP contribution >= 0.6 is 0 Å². The number of para-hydroxylation sites is 1. The summed E-state index contributed by atoms with van der Waals surface area (Å²) >= 11 is 0. The van der Waals surface area contributed by atoms with E-state index in [2.05, 4.69) is 10.2 Å². The maximum absolute atomic E-state index is 11.7. The Morgan fingerprint density at radius 1 is 1.35 bits per heavy atom. The highest BCUT2D eigenvalue weighted by molar-refractivity contribution is 7.90. The highest BCUT2D eigenvalue weighted by atomic mass is 32.2.